The first-order valence-electron chi connectivity index (χ1n) is 34.5. The van der Waals surface area contributed by atoms with Crippen LogP contribution in [0.1, 0.15) is 90.0 Å². The lowest BCUT2D eigenvalue weighted by Gasteiger charge is -2.32. The molecular weight excluding hydrogens is 1380 g/mol. The normalized spacial score (nSPS) is 12.8. The summed E-state index contributed by atoms with van der Waals surface area (Å²) in [6, 6.07) is 64.6. The smallest absolute Gasteiger partial charge is 0.494 e. The van der Waals surface area contributed by atoms with Crippen molar-refractivity contribution in [2.24, 2.45) is 0 Å². The third kappa shape index (κ3) is 22.1. The summed E-state index contributed by atoms with van der Waals surface area (Å²) in [5.74, 6) is -0.795. The number of fused-ring (bicyclic) bond motifs is 5. The van der Waals surface area contributed by atoms with Gasteiger partial charge in [0.25, 0.3) is 0 Å². The molecule has 1 saturated heterocycles. The highest BCUT2D eigenvalue weighted by molar-refractivity contribution is 6.62. The average Bonchev–Trinajstić information content (AvgIpc) is 1.38. The molecule has 0 unspecified atom stereocenters. The maximum absolute atomic E-state index is 13.1. The molecule has 0 bridgehead atoms. The number of amides is 3. The number of hydrogen-bond acceptors (Lipinski definition) is 15. The fraction of sp³-hybridized carbons (Fsp3) is 0.214. The van der Waals surface area contributed by atoms with Crippen LogP contribution < -0.4 is 42.3 Å². The summed E-state index contributed by atoms with van der Waals surface area (Å²) in [6.45, 7) is 24.2. The number of nitrogens with one attached hydrogen (secondary N) is 3. The van der Waals surface area contributed by atoms with Crippen molar-refractivity contribution in [3.63, 3.8) is 0 Å². The average molecular weight is 1460 g/mol. The van der Waals surface area contributed by atoms with Gasteiger partial charge < -0.3 is 45.4 Å². The van der Waals surface area contributed by atoms with Crippen LogP contribution in [0, 0.1) is 27.9 Å². The van der Waals surface area contributed by atoms with Crippen molar-refractivity contribution in [3.8, 4) is 22.5 Å². The summed E-state index contributed by atoms with van der Waals surface area (Å²) in [5.41, 5.74) is 19.1. The van der Waals surface area contributed by atoms with Crippen molar-refractivity contribution in [1.82, 2.24) is 15.0 Å². The molecule has 8 aromatic carbocycles. The maximum atomic E-state index is 13.1. The lowest BCUT2D eigenvalue weighted by atomic mass is 9.79. The first-order valence-corrected chi connectivity index (χ1v) is 34.5. The van der Waals surface area contributed by atoms with Crippen molar-refractivity contribution in [2.45, 2.75) is 118 Å². The minimum Gasteiger partial charge on any atom is -0.618 e. The van der Waals surface area contributed by atoms with Gasteiger partial charge in [-0.2, -0.15) is 9.46 Å². The molecule has 7 N–H and O–H groups in total. The molecule has 5 aromatic heterocycles. The predicted octanol–water partition coefficient (Wildman–Crippen LogP) is 18.6. The quantitative estimate of drug-likeness (QED) is 0.0340. The van der Waals surface area contributed by atoms with Gasteiger partial charge in [-0.05, 0) is 229 Å². The molecule has 0 atom stereocenters. The first kappa shape index (κ1) is 79.7. The molecule has 6 heterocycles. The van der Waals surface area contributed by atoms with Gasteiger partial charge in [-0.15, -0.1) is 0 Å². The predicted molar refractivity (Wildman–Crippen MR) is 422 cm³/mol. The zero-order chi connectivity index (χ0) is 78.3. The molecule has 108 heavy (non-hydrogen) atoms. The highest BCUT2D eigenvalue weighted by Crippen LogP contribution is 2.37. The standard InChI is InChI=1S/C20H19FN2O2.C15H11FN2.C14H16N2O3.C14H16N2O2.C12H16BFO2.C9H8N2O/c1-20(2,3)25-19(24)23-17-6-4-5-14-9-12-16(22-18(14)17)13-7-10-15(21)11-8-13;16-12-7-4-10(5-8-12)14-9-6-11-2-1-3-13(17)15(11)18-14;1-14(2,3)19-13(17)15-11-8-4-6-10-7-5-9-16(18)12(10)11;1-14(2,3)18-13(17)16-11-8-4-6-10-7-5-9-15-12(10)11;1-11(2)12(3,4)16-13(15-11)9-5-7-10(14)8-6-9;10-8-5-1-3-7-4-2-6-11(12)9(7)8/h4-12H,1-3H3,(H,23,24);1-9H,17H2;4-9H,1-3H3,(H,15,17);4-9H,1-3H3,(H,16,17);5-8H,1-4H3;1-6H,10H2. The van der Waals surface area contributed by atoms with Crippen molar-refractivity contribution < 1.29 is 60.5 Å². The van der Waals surface area contributed by atoms with E-state index in [1.807, 2.05) is 158 Å². The second kappa shape index (κ2) is 34.2. The number of nitrogen functional groups attached to an aromatic ring is 2. The Morgan fingerprint density at radius 3 is 1.23 bits per heavy atom. The van der Waals surface area contributed by atoms with Crippen LogP contribution in [0.3, 0.4) is 0 Å². The minimum atomic E-state index is -0.582. The van der Waals surface area contributed by atoms with E-state index < -0.39 is 42.2 Å². The van der Waals surface area contributed by atoms with E-state index in [-0.39, 0.29) is 28.7 Å². The second-order valence-electron chi connectivity index (χ2n) is 28.8. The molecule has 0 radical (unpaired) electrons. The number of para-hydroxylation sites is 5. The zero-order valence-electron chi connectivity index (χ0n) is 62.3. The Bertz CT molecular complexity index is 5250. The molecule has 1 fully saturated rings. The third-order valence-electron chi connectivity index (χ3n) is 16.3. The van der Waals surface area contributed by atoms with E-state index >= 15 is 0 Å². The van der Waals surface area contributed by atoms with Crippen molar-refractivity contribution in [3.05, 3.63) is 271 Å². The molecule has 0 saturated carbocycles. The van der Waals surface area contributed by atoms with E-state index in [9.17, 15) is 38.0 Å². The molecular formula is C84H86BF3N10O10. The summed E-state index contributed by atoms with van der Waals surface area (Å²) >= 11 is 0. The topological polar surface area (TPSA) is 278 Å². The number of anilines is 5. The molecule has 0 spiro atoms. The Morgan fingerprint density at radius 1 is 0.417 bits per heavy atom. The van der Waals surface area contributed by atoms with Gasteiger partial charge in [0, 0.05) is 56.4 Å². The molecule has 1 aliphatic heterocycles. The SMILES string of the molecule is CC(C)(C)OC(=O)Nc1cccc2ccc(-c3ccc(F)cc3)nc12.CC(C)(C)OC(=O)Nc1cccc2ccc[n+]([O-])c12.CC(C)(C)OC(=O)Nc1cccc2cccnc12.CC1(C)OB(c2ccc(F)cc2)OC1(C)C.Nc1cccc2ccc(-c3ccc(F)cc3)nc12.Nc1cccc2ccc[n+]([O-])c12. The van der Waals surface area contributed by atoms with Crippen LogP contribution in [0.4, 0.5) is 56.0 Å². The van der Waals surface area contributed by atoms with E-state index in [0.717, 1.165) is 69.7 Å². The van der Waals surface area contributed by atoms with Crippen molar-refractivity contribution in [2.75, 3.05) is 27.4 Å². The Kier molecular flexibility index (Phi) is 25.3. The van der Waals surface area contributed by atoms with Gasteiger partial charge in [-0.3, -0.25) is 20.9 Å². The fourth-order valence-corrected chi connectivity index (χ4v) is 10.6. The van der Waals surface area contributed by atoms with Crippen LogP contribution in [-0.2, 0) is 23.5 Å². The summed E-state index contributed by atoms with van der Waals surface area (Å²) in [5, 5.41) is 35.6. The number of nitrogens with zero attached hydrogens (tertiary/aromatic N) is 5. The summed E-state index contributed by atoms with van der Waals surface area (Å²) in [4.78, 5) is 48.9. The van der Waals surface area contributed by atoms with E-state index in [0.29, 0.717) is 50.7 Å². The molecule has 14 rings (SSSR count). The van der Waals surface area contributed by atoms with Gasteiger partial charge in [0.15, 0.2) is 12.4 Å². The Labute approximate surface area is 625 Å². The number of nitrogens with two attached hydrogens (primary N) is 2. The van der Waals surface area contributed by atoms with Crippen LogP contribution in [0.2, 0.25) is 0 Å². The Balaban J connectivity index is 0.000000151. The molecule has 20 nitrogen and oxygen atoms in total. The molecule has 1 aliphatic rings. The number of rotatable bonds is 6. The van der Waals surface area contributed by atoms with Crippen LogP contribution in [-0.4, -0.2) is 68.4 Å². The van der Waals surface area contributed by atoms with Crippen molar-refractivity contribution in [1.29, 1.82) is 0 Å². The monoisotopic (exact) mass is 1460 g/mol. The summed E-state index contributed by atoms with van der Waals surface area (Å²) in [7, 11) is -0.411. The van der Waals surface area contributed by atoms with Gasteiger partial charge in [0.2, 0.25) is 11.0 Å². The van der Waals surface area contributed by atoms with Gasteiger partial charge in [0.1, 0.15) is 45.6 Å². The van der Waals surface area contributed by atoms with Crippen LogP contribution in [0.25, 0.3) is 77.0 Å². The van der Waals surface area contributed by atoms with Crippen LogP contribution >= 0.6 is 0 Å². The van der Waals surface area contributed by atoms with Gasteiger partial charge in [-0.25, -0.2) is 37.5 Å². The van der Waals surface area contributed by atoms with Crippen LogP contribution in [0.15, 0.2) is 243 Å². The minimum absolute atomic E-state index is 0.250. The van der Waals surface area contributed by atoms with E-state index in [4.69, 9.17) is 35.0 Å². The number of benzene rings is 8. The molecule has 556 valence electrons. The first-order chi connectivity index (χ1) is 51.0. The Hall–Kier alpha value is -12.4. The third-order valence-corrected chi connectivity index (χ3v) is 16.3. The highest BCUT2D eigenvalue weighted by atomic mass is 19.1. The zero-order valence-corrected chi connectivity index (χ0v) is 62.3. The van der Waals surface area contributed by atoms with E-state index in [1.54, 1.807) is 127 Å². The lowest BCUT2D eigenvalue weighted by Crippen LogP contribution is -2.41. The maximum Gasteiger partial charge on any atom is 0.494 e. The molecule has 3 amide bonds. The molecule has 24 heteroatoms. The number of carbonyl (C=O) groups is 3. The number of hydrogen-bond donors (Lipinski definition) is 5. The molecule has 0 aliphatic carbocycles. The second-order valence-corrected chi connectivity index (χ2v) is 28.8. The number of ether oxygens (including phenoxy) is 3. The Morgan fingerprint density at radius 2 is 0.769 bits per heavy atom. The van der Waals surface area contributed by atoms with E-state index in [1.165, 1.54) is 48.8 Å². The number of pyridine rings is 5. The number of carbonyl (C=O) groups excluding carboxylic acids is 3. The highest BCUT2D eigenvalue weighted by Gasteiger charge is 2.51. The summed E-state index contributed by atoms with van der Waals surface area (Å²) in [6.07, 6.45) is 2.95. The fourth-order valence-electron chi connectivity index (χ4n) is 10.6. The molecule has 13 aromatic rings. The van der Waals surface area contributed by atoms with Gasteiger partial charge >= 0.3 is 25.4 Å². The van der Waals surface area contributed by atoms with E-state index in [2.05, 4.69) is 30.9 Å². The van der Waals surface area contributed by atoms with Crippen LogP contribution in [0.5, 0.6) is 0 Å². The van der Waals surface area contributed by atoms with Gasteiger partial charge in [-0.1, -0.05) is 78.9 Å². The largest absolute Gasteiger partial charge is 0.618 e. The van der Waals surface area contributed by atoms with Gasteiger partial charge in [0.05, 0.1) is 56.2 Å². The number of halogens is 3. The summed E-state index contributed by atoms with van der Waals surface area (Å²) < 4.78 is 67.7. The number of aromatic nitrogens is 5. The lowest BCUT2D eigenvalue weighted by molar-refractivity contribution is -0.576. The van der Waals surface area contributed by atoms with Crippen molar-refractivity contribution >= 4 is 114 Å².